The summed E-state index contributed by atoms with van der Waals surface area (Å²) < 4.78 is 5.41. The SMILES string of the molecule is CN(CCc1ccccc1)c1nc(C(=O)NCC#N)cc(N2CCOCC2)n1. The Morgan fingerprint density at radius 1 is 1.29 bits per heavy atom. The van der Waals surface area contributed by atoms with E-state index in [-0.39, 0.29) is 18.1 Å². The van der Waals surface area contributed by atoms with Crippen molar-refractivity contribution in [2.24, 2.45) is 0 Å². The molecule has 1 aromatic heterocycles. The van der Waals surface area contributed by atoms with Crippen molar-refractivity contribution in [1.29, 1.82) is 5.26 Å². The largest absolute Gasteiger partial charge is 0.378 e. The molecular formula is C20H24N6O2. The van der Waals surface area contributed by atoms with Gasteiger partial charge in [-0.2, -0.15) is 10.2 Å². The fourth-order valence-electron chi connectivity index (χ4n) is 2.92. The van der Waals surface area contributed by atoms with Gasteiger partial charge in [-0.25, -0.2) is 4.98 Å². The molecule has 1 aromatic carbocycles. The first-order valence-electron chi connectivity index (χ1n) is 9.29. The monoisotopic (exact) mass is 380 g/mol. The average molecular weight is 380 g/mol. The number of rotatable bonds is 7. The van der Waals surface area contributed by atoms with Crippen LogP contribution < -0.4 is 15.1 Å². The number of benzene rings is 1. The van der Waals surface area contributed by atoms with Gasteiger partial charge in [-0.1, -0.05) is 30.3 Å². The number of nitrogens with zero attached hydrogens (tertiary/aromatic N) is 5. The van der Waals surface area contributed by atoms with E-state index in [1.54, 1.807) is 6.07 Å². The second-order valence-electron chi connectivity index (χ2n) is 6.51. The number of carbonyl (C=O) groups excluding carboxylic acids is 1. The maximum absolute atomic E-state index is 12.4. The Hall–Kier alpha value is -3.18. The Morgan fingerprint density at radius 3 is 2.75 bits per heavy atom. The summed E-state index contributed by atoms with van der Waals surface area (Å²) in [6.45, 7) is 3.33. The van der Waals surface area contributed by atoms with Crippen molar-refractivity contribution in [1.82, 2.24) is 15.3 Å². The molecule has 1 fully saturated rings. The van der Waals surface area contributed by atoms with Crippen LogP contribution in [0.15, 0.2) is 36.4 Å². The van der Waals surface area contributed by atoms with Crippen LogP contribution in [0.4, 0.5) is 11.8 Å². The van der Waals surface area contributed by atoms with Gasteiger partial charge in [0.1, 0.15) is 18.1 Å². The summed E-state index contributed by atoms with van der Waals surface area (Å²) in [4.78, 5) is 25.5. The third kappa shape index (κ3) is 5.18. The molecule has 0 atom stereocenters. The Morgan fingerprint density at radius 2 is 2.04 bits per heavy atom. The maximum atomic E-state index is 12.4. The summed E-state index contributed by atoms with van der Waals surface area (Å²) >= 11 is 0. The van der Waals surface area contributed by atoms with Crippen molar-refractivity contribution in [2.45, 2.75) is 6.42 Å². The van der Waals surface area contributed by atoms with Crippen LogP contribution in [0.1, 0.15) is 16.1 Å². The van der Waals surface area contributed by atoms with Crippen LogP contribution in [-0.4, -0.2) is 62.3 Å². The van der Waals surface area contributed by atoms with Crippen LogP contribution in [0.3, 0.4) is 0 Å². The molecule has 2 heterocycles. The highest BCUT2D eigenvalue weighted by Gasteiger charge is 2.19. The van der Waals surface area contributed by atoms with Crippen LogP contribution in [0.2, 0.25) is 0 Å². The summed E-state index contributed by atoms with van der Waals surface area (Å²) in [5.41, 5.74) is 1.49. The van der Waals surface area contributed by atoms with Crippen LogP contribution in [0, 0.1) is 11.3 Å². The zero-order chi connectivity index (χ0) is 19.8. The molecule has 0 aliphatic carbocycles. The van der Waals surface area contributed by atoms with Crippen molar-refractivity contribution in [3.05, 3.63) is 47.7 Å². The Bertz CT molecular complexity index is 830. The first kappa shape index (κ1) is 19.6. The summed E-state index contributed by atoms with van der Waals surface area (Å²) in [5, 5.41) is 11.3. The molecule has 0 bridgehead atoms. The van der Waals surface area contributed by atoms with Gasteiger partial charge in [0.25, 0.3) is 5.91 Å². The third-order valence-corrected chi connectivity index (χ3v) is 4.52. The van der Waals surface area contributed by atoms with Crippen LogP contribution in [0.25, 0.3) is 0 Å². The zero-order valence-electron chi connectivity index (χ0n) is 16.0. The molecule has 8 heteroatoms. The van der Waals surface area contributed by atoms with Gasteiger partial charge >= 0.3 is 0 Å². The fourth-order valence-corrected chi connectivity index (χ4v) is 2.92. The minimum absolute atomic E-state index is 0.0606. The average Bonchev–Trinajstić information content (AvgIpc) is 2.76. The Balaban J connectivity index is 1.81. The highest BCUT2D eigenvalue weighted by molar-refractivity contribution is 5.93. The van der Waals surface area contributed by atoms with Crippen LogP contribution in [-0.2, 0) is 11.2 Å². The summed E-state index contributed by atoms with van der Waals surface area (Å²) in [6, 6.07) is 13.8. The smallest absolute Gasteiger partial charge is 0.270 e. The van der Waals surface area contributed by atoms with E-state index in [0.717, 1.165) is 13.0 Å². The molecular weight excluding hydrogens is 356 g/mol. The van der Waals surface area contributed by atoms with Gasteiger partial charge < -0.3 is 19.9 Å². The van der Waals surface area contributed by atoms with Gasteiger partial charge in [0.05, 0.1) is 19.3 Å². The number of hydrogen-bond donors (Lipinski definition) is 1. The van der Waals surface area contributed by atoms with E-state index >= 15 is 0 Å². The zero-order valence-corrected chi connectivity index (χ0v) is 16.0. The molecule has 0 radical (unpaired) electrons. The van der Waals surface area contributed by atoms with Gasteiger partial charge in [-0.3, -0.25) is 4.79 Å². The van der Waals surface area contributed by atoms with E-state index in [1.807, 2.05) is 36.2 Å². The van der Waals surface area contributed by atoms with E-state index in [1.165, 1.54) is 5.56 Å². The molecule has 2 aromatic rings. The molecule has 146 valence electrons. The molecule has 0 spiro atoms. The van der Waals surface area contributed by atoms with Gasteiger partial charge in [0, 0.05) is 32.7 Å². The lowest BCUT2D eigenvalue weighted by molar-refractivity contribution is 0.0953. The highest BCUT2D eigenvalue weighted by Crippen LogP contribution is 2.19. The molecule has 1 N–H and O–H groups in total. The number of nitrogens with one attached hydrogen (secondary N) is 1. The lowest BCUT2D eigenvalue weighted by Crippen LogP contribution is -2.37. The molecule has 3 rings (SSSR count). The van der Waals surface area contributed by atoms with E-state index in [9.17, 15) is 4.79 Å². The predicted octanol–water partition coefficient (Wildman–Crippen LogP) is 1.25. The lowest BCUT2D eigenvalue weighted by Gasteiger charge is -2.29. The number of ether oxygens (including phenoxy) is 1. The highest BCUT2D eigenvalue weighted by atomic mass is 16.5. The van der Waals surface area contributed by atoms with Crippen molar-refractivity contribution in [2.75, 3.05) is 56.2 Å². The second kappa shape index (κ2) is 9.67. The number of likely N-dealkylation sites (N-methyl/N-ethyl adjacent to an activating group) is 1. The first-order chi connectivity index (χ1) is 13.7. The number of anilines is 2. The minimum Gasteiger partial charge on any atom is -0.378 e. The van der Waals surface area contributed by atoms with E-state index in [4.69, 9.17) is 10.00 Å². The van der Waals surface area contributed by atoms with E-state index in [2.05, 4.69) is 32.3 Å². The van der Waals surface area contributed by atoms with Gasteiger partial charge in [0.2, 0.25) is 5.95 Å². The molecule has 1 amide bonds. The Kier molecular flexibility index (Phi) is 6.76. The van der Waals surface area contributed by atoms with Crippen LogP contribution in [0.5, 0.6) is 0 Å². The minimum atomic E-state index is -0.379. The van der Waals surface area contributed by atoms with Crippen molar-refractivity contribution < 1.29 is 9.53 Å². The quantitative estimate of drug-likeness (QED) is 0.722. The summed E-state index contributed by atoms with van der Waals surface area (Å²) in [6.07, 6.45) is 0.846. The number of hydrogen-bond acceptors (Lipinski definition) is 7. The van der Waals surface area contributed by atoms with Gasteiger partial charge in [0.15, 0.2) is 0 Å². The standard InChI is InChI=1S/C20H24N6O2/c1-25(10-7-16-5-3-2-4-6-16)20-23-17(19(27)22-9-8-21)15-18(24-20)26-11-13-28-14-12-26/h2-6,15H,7,9-14H2,1H3,(H,22,27). The van der Waals surface area contributed by atoms with Crippen molar-refractivity contribution in [3.8, 4) is 6.07 Å². The molecule has 0 unspecified atom stereocenters. The van der Waals surface area contributed by atoms with Crippen molar-refractivity contribution in [3.63, 3.8) is 0 Å². The molecule has 1 saturated heterocycles. The topological polar surface area (TPSA) is 94.4 Å². The summed E-state index contributed by atoms with van der Waals surface area (Å²) in [7, 11) is 1.92. The van der Waals surface area contributed by atoms with Crippen LogP contribution >= 0.6 is 0 Å². The van der Waals surface area contributed by atoms with Gasteiger partial charge in [-0.05, 0) is 12.0 Å². The molecule has 1 aliphatic heterocycles. The molecule has 1 aliphatic rings. The van der Waals surface area contributed by atoms with E-state index in [0.29, 0.717) is 38.1 Å². The number of morpholine rings is 1. The number of carbonyl (C=O) groups is 1. The lowest BCUT2D eigenvalue weighted by atomic mass is 10.1. The predicted molar refractivity (Wildman–Crippen MR) is 106 cm³/mol. The normalized spacial score (nSPS) is 13.6. The van der Waals surface area contributed by atoms with Gasteiger partial charge in [-0.15, -0.1) is 0 Å². The Labute approximate surface area is 164 Å². The van der Waals surface area contributed by atoms with Crippen molar-refractivity contribution >= 4 is 17.7 Å². The molecule has 8 nitrogen and oxygen atoms in total. The second-order valence-corrected chi connectivity index (χ2v) is 6.51. The molecule has 0 saturated carbocycles. The third-order valence-electron chi connectivity index (χ3n) is 4.52. The first-order valence-corrected chi connectivity index (χ1v) is 9.29. The number of amides is 1. The fraction of sp³-hybridized carbons (Fsp3) is 0.400. The van der Waals surface area contributed by atoms with E-state index < -0.39 is 0 Å². The molecule has 28 heavy (non-hydrogen) atoms. The maximum Gasteiger partial charge on any atom is 0.270 e. The number of nitriles is 1. The summed E-state index contributed by atoms with van der Waals surface area (Å²) in [5.74, 6) is 0.806. The number of aromatic nitrogens is 2.